The molecule has 0 saturated carbocycles. The van der Waals surface area contributed by atoms with Gasteiger partial charge in [-0.1, -0.05) is 40.2 Å². The van der Waals surface area contributed by atoms with E-state index in [1.165, 1.54) is 16.0 Å². The Kier molecular flexibility index (Phi) is 4.06. The van der Waals surface area contributed by atoms with Gasteiger partial charge in [0, 0.05) is 15.8 Å². The van der Waals surface area contributed by atoms with E-state index in [1.807, 2.05) is 0 Å². The summed E-state index contributed by atoms with van der Waals surface area (Å²) in [6, 6.07) is 10.4. The molecular weight excluding hydrogens is 304 g/mol. The molecular formula is C13H12BrClS. The highest BCUT2D eigenvalue weighted by molar-refractivity contribution is 9.10. The van der Waals surface area contributed by atoms with Gasteiger partial charge in [-0.3, -0.25) is 0 Å². The van der Waals surface area contributed by atoms with Crippen molar-refractivity contribution in [1.29, 1.82) is 0 Å². The van der Waals surface area contributed by atoms with Crippen LogP contribution in [0.5, 0.6) is 0 Å². The van der Waals surface area contributed by atoms with E-state index in [0.717, 1.165) is 10.9 Å². The molecule has 0 nitrogen and oxygen atoms in total. The molecule has 0 amide bonds. The topological polar surface area (TPSA) is 0 Å². The molecule has 1 heterocycles. The Balaban J connectivity index is 2.21. The van der Waals surface area contributed by atoms with Gasteiger partial charge in [0.25, 0.3) is 0 Å². The lowest BCUT2D eigenvalue weighted by atomic mass is 10.1. The minimum Gasteiger partial charge on any atom is -0.149 e. The van der Waals surface area contributed by atoms with E-state index in [2.05, 4.69) is 58.6 Å². The molecule has 1 aromatic carbocycles. The summed E-state index contributed by atoms with van der Waals surface area (Å²) in [7, 11) is 0. The predicted molar refractivity (Wildman–Crippen MR) is 75.5 cm³/mol. The molecule has 2 aromatic rings. The average Bonchev–Trinajstić information content (AvgIpc) is 2.74. The highest BCUT2D eigenvalue weighted by atomic mass is 79.9. The van der Waals surface area contributed by atoms with Crippen LogP contribution in [-0.2, 0) is 6.42 Å². The summed E-state index contributed by atoms with van der Waals surface area (Å²) < 4.78 is 1.13. The average molecular weight is 316 g/mol. The summed E-state index contributed by atoms with van der Waals surface area (Å²) in [5.41, 5.74) is 2.41. The highest BCUT2D eigenvalue weighted by Gasteiger charge is 2.13. The van der Waals surface area contributed by atoms with Crippen LogP contribution in [0.25, 0.3) is 0 Å². The molecule has 0 saturated heterocycles. The van der Waals surface area contributed by atoms with E-state index < -0.39 is 0 Å². The van der Waals surface area contributed by atoms with E-state index in [-0.39, 0.29) is 5.38 Å². The number of hydrogen-bond acceptors (Lipinski definition) is 1. The summed E-state index contributed by atoms with van der Waals surface area (Å²) in [5, 5.41) is 2.12. The first-order valence-electron chi connectivity index (χ1n) is 5.10. The Labute approximate surface area is 113 Å². The molecule has 0 spiro atoms. The van der Waals surface area contributed by atoms with Gasteiger partial charge in [0.1, 0.15) is 0 Å². The molecule has 0 aliphatic carbocycles. The van der Waals surface area contributed by atoms with Gasteiger partial charge < -0.3 is 0 Å². The first-order chi connectivity index (χ1) is 7.68. The molecule has 84 valence electrons. The Bertz CT molecular complexity index is 465. The first-order valence-corrected chi connectivity index (χ1v) is 7.21. The number of benzene rings is 1. The van der Waals surface area contributed by atoms with Crippen molar-refractivity contribution in [3.8, 4) is 0 Å². The fourth-order valence-corrected chi connectivity index (χ4v) is 3.49. The molecule has 0 radical (unpaired) electrons. The van der Waals surface area contributed by atoms with E-state index in [4.69, 9.17) is 11.6 Å². The lowest BCUT2D eigenvalue weighted by Crippen LogP contribution is -1.96. The molecule has 1 aromatic heterocycles. The fourth-order valence-electron chi connectivity index (χ4n) is 1.63. The first kappa shape index (κ1) is 12.2. The normalized spacial score (nSPS) is 12.7. The van der Waals surface area contributed by atoms with Crippen molar-refractivity contribution in [1.82, 2.24) is 0 Å². The van der Waals surface area contributed by atoms with Crippen LogP contribution in [0.3, 0.4) is 0 Å². The minimum absolute atomic E-state index is 0.0351. The number of halogens is 2. The molecule has 2 rings (SSSR count). The summed E-state index contributed by atoms with van der Waals surface area (Å²) in [4.78, 5) is 1.33. The Hall–Kier alpha value is -0.310. The minimum atomic E-state index is 0.0351. The summed E-state index contributed by atoms with van der Waals surface area (Å²) in [6.07, 6.45) is 0.890. The van der Waals surface area contributed by atoms with Gasteiger partial charge in [0.05, 0.1) is 5.38 Å². The Morgan fingerprint density at radius 3 is 2.81 bits per heavy atom. The molecule has 0 bridgehead atoms. The number of alkyl halides is 1. The van der Waals surface area contributed by atoms with Gasteiger partial charge in [-0.25, -0.2) is 0 Å². The van der Waals surface area contributed by atoms with Crippen molar-refractivity contribution in [3.05, 3.63) is 56.2 Å². The van der Waals surface area contributed by atoms with Crippen LogP contribution in [0.4, 0.5) is 0 Å². The van der Waals surface area contributed by atoms with E-state index in [1.54, 1.807) is 11.3 Å². The summed E-state index contributed by atoms with van der Waals surface area (Å²) >= 11 is 11.8. The van der Waals surface area contributed by atoms with Crippen molar-refractivity contribution in [2.24, 2.45) is 0 Å². The van der Waals surface area contributed by atoms with E-state index in [9.17, 15) is 0 Å². The Morgan fingerprint density at radius 1 is 1.31 bits per heavy atom. The molecule has 0 aliphatic rings. The monoisotopic (exact) mass is 314 g/mol. The van der Waals surface area contributed by atoms with Crippen molar-refractivity contribution in [2.45, 2.75) is 18.7 Å². The van der Waals surface area contributed by atoms with Crippen LogP contribution < -0.4 is 0 Å². The maximum atomic E-state index is 6.45. The standard InChI is InChI=1S/C13H12BrClS/c1-9-4-2-6-11(13(9)14)12(15)8-10-5-3-7-16-10/h2-7,12H,8H2,1H3. The molecule has 0 N–H and O–H groups in total. The van der Waals surface area contributed by atoms with Gasteiger partial charge in [-0.15, -0.1) is 22.9 Å². The van der Waals surface area contributed by atoms with Crippen molar-refractivity contribution in [3.63, 3.8) is 0 Å². The zero-order valence-corrected chi connectivity index (χ0v) is 12.1. The molecule has 1 unspecified atom stereocenters. The van der Waals surface area contributed by atoms with E-state index in [0.29, 0.717) is 0 Å². The number of thiophene rings is 1. The summed E-state index contributed by atoms with van der Waals surface area (Å²) in [5.74, 6) is 0. The second-order valence-electron chi connectivity index (χ2n) is 3.73. The zero-order chi connectivity index (χ0) is 11.5. The van der Waals surface area contributed by atoms with Crippen molar-refractivity contribution < 1.29 is 0 Å². The predicted octanol–water partition coefficient (Wildman–Crippen LogP) is 5.34. The molecule has 3 heteroatoms. The largest absolute Gasteiger partial charge is 0.149 e. The third-order valence-corrected chi connectivity index (χ3v) is 4.89. The maximum Gasteiger partial charge on any atom is 0.0644 e. The molecule has 0 fully saturated rings. The quantitative estimate of drug-likeness (QED) is 0.670. The second-order valence-corrected chi connectivity index (χ2v) is 6.08. The SMILES string of the molecule is Cc1cccc(C(Cl)Cc2cccs2)c1Br. The van der Waals surface area contributed by atoms with Crippen molar-refractivity contribution >= 4 is 38.9 Å². The van der Waals surface area contributed by atoms with Gasteiger partial charge in [-0.2, -0.15) is 0 Å². The van der Waals surface area contributed by atoms with E-state index >= 15 is 0 Å². The highest BCUT2D eigenvalue weighted by Crippen LogP contribution is 2.33. The maximum absolute atomic E-state index is 6.45. The number of aryl methyl sites for hydroxylation is 1. The lowest BCUT2D eigenvalue weighted by Gasteiger charge is -2.12. The lowest BCUT2D eigenvalue weighted by molar-refractivity contribution is 0.929. The second kappa shape index (κ2) is 5.35. The van der Waals surface area contributed by atoms with Gasteiger partial charge in [0.15, 0.2) is 0 Å². The summed E-state index contributed by atoms with van der Waals surface area (Å²) in [6.45, 7) is 2.09. The zero-order valence-electron chi connectivity index (χ0n) is 8.91. The van der Waals surface area contributed by atoms with Crippen LogP contribution >= 0.6 is 38.9 Å². The van der Waals surface area contributed by atoms with Gasteiger partial charge in [-0.05, 0) is 29.5 Å². The third kappa shape index (κ3) is 2.68. The fraction of sp³-hybridized carbons (Fsp3) is 0.231. The van der Waals surface area contributed by atoms with Crippen LogP contribution in [0.2, 0.25) is 0 Å². The van der Waals surface area contributed by atoms with Crippen LogP contribution in [0.15, 0.2) is 40.2 Å². The van der Waals surface area contributed by atoms with Crippen LogP contribution in [0.1, 0.15) is 21.4 Å². The molecule has 1 atom stereocenters. The van der Waals surface area contributed by atoms with Gasteiger partial charge >= 0.3 is 0 Å². The van der Waals surface area contributed by atoms with Crippen LogP contribution in [0, 0.1) is 6.92 Å². The van der Waals surface area contributed by atoms with Crippen molar-refractivity contribution in [2.75, 3.05) is 0 Å². The number of hydrogen-bond donors (Lipinski definition) is 0. The van der Waals surface area contributed by atoms with Crippen LogP contribution in [-0.4, -0.2) is 0 Å². The molecule has 0 aliphatic heterocycles. The third-order valence-electron chi connectivity index (χ3n) is 2.52. The van der Waals surface area contributed by atoms with Gasteiger partial charge in [0.2, 0.25) is 0 Å². The molecule has 16 heavy (non-hydrogen) atoms. The number of rotatable bonds is 3. The smallest absolute Gasteiger partial charge is 0.0644 e. The Morgan fingerprint density at radius 2 is 2.12 bits per heavy atom.